The van der Waals surface area contributed by atoms with Crippen LogP contribution in [0.2, 0.25) is 0 Å². The molecule has 1 aromatic carbocycles. The van der Waals surface area contributed by atoms with E-state index in [-0.39, 0.29) is 17.9 Å². The molecule has 0 saturated carbocycles. The van der Waals surface area contributed by atoms with Gasteiger partial charge in [-0.15, -0.1) is 12.3 Å². The number of hydrogen-bond acceptors (Lipinski definition) is 9. The van der Waals surface area contributed by atoms with Crippen molar-refractivity contribution in [1.82, 2.24) is 14.5 Å². The number of benzene rings is 1. The number of anilines is 1. The molecule has 1 fully saturated rings. The standard InChI is InChI=1S/C32H34FN7O3/c1-5-6-14-32(36-37-32)15-7-18-43-30(42)29(22-8-10-23(33)11-9-22)40-17-16-39(21-31(40,2)3)26-19-27(41)38(4)25-13-12-24(20-34)35-28(25)26/h1,8-13,19,29H,6-7,14-18,21H2,2-4H3. The first-order valence-corrected chi connectivity index (χ1v) is 14.3. The van der Waals surface area contributed by atoms with E-state index in [2.05, 4.69) is 37.0 Å². The number of carbonyl (C=O) groups is 1. The van der Waals surface area contributed by atoms with Crippen molar-refractivity contribution in [2.45, 2.75) is 56.8 Å². The third kappa shape index (κ3) is 6.27. The van der Waals surface area contributed by atoms with E-state index in [4.69, 9.17) is 11.2 Å². The molecule has 4 heterocycles. The van der Waals surface area contributed by atoms with Gasteiger partial charge >= 0.3 is 5.97 Å². The summed E-state index contributed by atoms with van der Waals surface area (Å²) >= 11 is 0. The van der Waals surface area contributed by atoms with E-state index in [1.54, 1.807) is 37.4 Å². The number of halogens is 1. The number of piperazine rings is 1. The van der Waals surface area contributed by atoms with Crippen molar-refractivity contribution in [2.75, 3.05) is 31.1 Å². The summed E-state index contributed by atoms with van der Waals surface area (Å²) in [6, 6.07) is 12.1. The molecule has 3 aromatic rings. The molecular weight excluding hydrogens is 549 g/mol. The smallest absolute Gasteiger partial charge is 0.328 e. The Kier molecular flexibility index (Phi) is 8.30. The van der Waals surface area contributed by atoms with Gasteiger partial charge in [-0.2, -0.15) is 15.5 Å². The van der Waals surface area contributed by atoms with Crippen molar-refractivity contribution in [3.05, 3.63) is 69.9 Å². The number of terminal acetylenes is 1. The Hall–Kier alpha value is -4.61. The van der Waals surface area contributed by atoms with Crippen LogP contribution in [0.25, 0.3) is 11.0 Å². The summed E-state index contributed by atoms with van der Waals surface area (Å²) in [5.41, 5.74) is 1.51. The van der Waals surface area contributed by atoms with E-state index in [0.29, 0.717) is 67.6 Å². The zero-order valence-corrected chi connectivity index (χ0v) is 24.6. The number of esters is 1. The average molecular weight is 584 g/mol. The first kappa shape index (κ1) is 29.9. The van der Waals surface area contributed by atoms with E-state index in [1.807, 2.05) is 13.8 Å². The monoisotopic (exact) mass is 583 g/mol. The number of aryl methyl sites for hydroxylation is 1. The Morgan fingerprint density at radius 2 is 1.91 bits per heavy atom. The predicted molar refractivity (Wildman–Crippen MR) is 160 cm³/mol. The van der Waals surface area contributed by atoms with E-state index < -0.39 is 29.0 Å². The molecule has 43 heavy (non-hydrogen) atoms. The van der Waals surface area contributed by atoms with Gasteiger partial charge in [-0.25, -0.2) is 14.2 Å². The van der Waals surface area contributed by atoms with Gasteiger partial charge in [0.15, 0.2) is 5.66 Å². The van der Waals surface area contributed by atoms with E-state index in [1.165, 1.54) is 16.7 Å². The van der Waals surface area contributed by atoms with Gasteiger partial charge in [0.2, 0.25) is 0 Å². The Balaban J connectivity index is 1.37. The number of nitriles is 1. The van der Waals surface area contributed by atoms with Crippen LogP contribution in [0.3, 0.4) is 0 Å². The molecule has 11 heteroatoms. The maximum absolute atomic E-state index is 13.9. The minimum absolute atomic E-state index is 0.185. The van der Waals surface area contributed by atoms with Crippen LogP contribution in [-0.4, -0.2) is 57.9 Å². The molecule has 5 rings (SSSR count). The maximum atomic E-state index is 13.9. The molecule has 1 saturated heterocycles. The lowest BCUT2D eigenvalue weighted by atomic mass is 9.92. The minimum atomic E-state index is -0.771. The summed E-state index contributed by atoms with van der Waals surface area (Å²) in [5, 5.41) is 17.7. The predicted octanol–water partition coefficient (Wildman–Crippen LogP) is 4.49. The van der Waals surface area contributed by atoms with Crippen molar-refractivity contribution in [3.8, 4) is 18.4 Å². The second kappa shape index (κ2) is 11.9. The average Bonchev–Trinajstić information content (AvgIpc) is 3.77. The number of hydrogen-bond donors (Lipinski definition) is 0. The van der Waals surface area contributed by atoms with Crippen LogP contribution in [0.1, 0.15) is 56.8 Å². The summed E-state index contributed by atoms with van der Waals surface area (Å²) < 4.78 is 21.2. The van der Waals surface area contributed by atoms with Gasteiger partial charge in [0.1, 0.15) is 29.1 Å². The van der Waals surface area contributed by atoms with Crippen LogP contribution in [-0.2, 0) is 16.6 Å². The zero-order valence-electron chi connectivity index (χ0n) is 24.6. The molecule has 0 bridgehead atoms. The number of nitrogens with zero attached hydrogens (tertiary/aromatic N) is 7. The zero-order chi connectivity index (χ0) is 30.8. The Morgan fingerprint density at radius 1 is 1.16 bits per heavy atom. The topological polar surface area (TPSA) is 116 Å². The van der Waals surface area contributed by atoms with Crippen LogP contribution in [0.5, 0.6) is 0 Å². The van der Waals surface area contributed by atoms with Crippen molar-refractivity contribution in [2.24, 2.45) is 17.3 Å². The molecule has 222 valence electrons. The van der Waals surface area contributed by atoms with Gasteiger partial charge < -0.3 is 14.2 Å². The summed E-state index contributed by atoms with van der Waals surface area (Å²) in [4.78, 5) is 35.2. The number of rotatable bonds is 10. The van der Waals surface area contributed by atoms with Gasteiger partial charge in [-0.05, 0) is 56.5 Å². The Bertz CT molecular complexity index is 1700. The van der Waals surface area contributed by atoms with Gasteiger partial charge in [-0.3, -0.25) is 9.69 Å². The lowest BCUT2D eigenvalue weighted by Crippen LogP contribution is -2.61. The molecule has 10 nitrogen and oxygen atoms in total. The number of fused-ring (bicyclic) bond motifs is 1. The highest BCUT2D eigenvalue weighted by molar-refractivity contribution is 5.89. The van der Waals surface area contributed by atoms with Crippen molar-refractivity contribution in [3.63, 3.8) is 0 Å². The van der Waals surface area contributed by atoms with Gasteiger partial charge in [0.25, 0.3) is 5.56 Å². The van der Waals surface area contributed by atoms with Crippen LogP contribution in [0.15, 0.2) is 57.5 Å². The largest absolute Gasteiger partial charge is 0.464 e. The van der Waals surface area contributed by atoms with E-state index in [0.717, 1.165) is 0 Å². The number of carbonyl (C=O) groups excluding carboxylic acids is 1. The summed E-state index contributed by atoms with van der Waals surface area (Å²) in [6.07, 6.45) is 7.89. The SMILES string of the molecule is C#CCCC1(CCCOC(=O)C(c2ccc(F)cc2)N2CCN(c3cc(=O)n(C)c4ccc(C#N)nc34)CC2(C)C)N=N1. The van der Waals surface area contributed by atoms with Crippen molar-refractivity contribution >= 4 is 22.7 Å². The van der Waals surface area contributed by atoms with Crippen LogP contribution in [0, 0.1) is 29.5 Å². The molecule has 2 aliphatic heterocycles. The highest BCUT2D eigenvalue weighted by Crippen LogP contribution is 2.38. The van der Waals surface area contributed by atoms with Gasteiger partial charge in [0.05, 0.1) is 17.8 Å². The van der Waals surface area contributed by atoms with Gasteiger partial charge in [-0.1, -0.05) is 12.1 Å². The van der Waals surface area contributed by atoms with Crippen LogP contribution >= 0.6 is 0 Å². The summed E-state index contributed by atoms with van der Waals surface area (Å²) in [5.74, 6) is 1.80. The quantitative estimate of drug-likeness (QED) is 0.196. The van der Waals surface area contributed by atoms with Crippen molar-refractivity contribution < 1.29 is 13.9 Å². The third-order valence-electron chi connectivity index (χ3n) is 8.23. The van der Waals surface area contributed by atoms with Crippen LogP contribution in [0.4, 0.5) is 10.1 Å². The first-order chi connectivity index (χ1) is 20.6. The number of aromatic nitrogens is 2. The molecule has 2 aromatic heterocycles. The second-order valence-corrected chi connectivity index (χ2v) is 11.6. The summed E-state index contributed by atoms with van der Waals surface area (Å²) in [7, 11) is 1.67. The minimum Gasteiger partial charge on any atom is -0.464 e. The van der Waals surface area contributed by atoms with Crippen molar-refractivity contribution in [1.29, 1.82) is 5.26 Å². The molecule has 0 radical (unpaired) electrons. The number of ether oxygens (including phenoxy) is 1. The van der Waals surface area contributed by atoms with E-state index in [9.17, 15) is 19.2 Å². The molecule has 0 aliphatic carbocycles. The molecule has 0 spiro atoms. The lowest BCUT2D eigenvalue weighted by Gasteiger charge is -2.50. The summed E-state index contributed by atoms with van der Waals surface area (Å²) in [6.45, 7) is 5.63. The first-order valence-electron chi connectivity index (χ1n) is 14.3. The fraction of sp³-hybridized carbons (Fsp3) is 0.438. The maximum Gasteiger partial charge on any atom is 0.328 e. The fourth-order valence-corrected chi connectivity index (χ4v) is 5.83. The Morgan fingerprint density at radius 3 is 2.56 bits per heavy atom. The third-order valence-corrected chi connectivity index (χ3v) is 8.23. The highest BCUT2D eigenvalue weighted by atomic mass is 19.1. The molecule has 1 unspecified atom stereocenters. The second-order valence-electron chi connectivity index (χ2n) is 11.6. The van der Waals surface area contributed by atoms with Crippen LogP contribution < -0.4 is 10.5 Å². The molecule has 0 N–H and O–H groups in total. The normalized spacial score (nSPS) is 17.7. The molecule has 0 amide bonds. The molecule has 2 aliphatic rings. The molecular formula is C32H34FN7O3. The molecule has 1 atom stereocenters. The van der Waals surface area contributed by atoms with Gasteiger partial charge in [0, 0.05) is 51.1 Å². The van der Waals surface area contributed by atoms with E-state index >= 15 is 0 Å². The lowest BCUT2D eigenvalue weighted by molar-refractivity contribution is -0.153. The number of pyridine rings is 2. The Labute approximate surface area is 249 Å². The fourth-order valence-electron chi connectivity index (χ4n) is 5.83. The highest BCUT2D eigenvalue weighted by Gasteiger charge is 2.43.